The second kappa shape index (κ2) is 34.2. The van der Waals surface area contributed by atoms with Gasteiger partial charge < -0.3 is 34.7 Å². The van der Waals surface area contributed by atoms with E-state index in [0.29, 0.717) is 12.8 Å². The van der Waals surface area contributed by atoms with Crippen molar-refractivity contribution in [3.8, 4) is 0 Å². The van der Waals surface area contributed by atoms with Crippen molar-refractivity contribution < 1.29 is 52.2 Å². The Hall–Kier alpha value is -2.57. The smallest absolute Gasteiger partial charge is 0.466 e. The summed E-state index contributed by atoms with van der Waals surface area (Å²) in [4.78, 5) is 35.0. The second-order valence-electron chi connectivity index (χ2n) is 15.1. The molecule has 1 rings (SSSR count). The average molecular weight is 840 g/mol. The summed E-state index contributed by atoms with van der Waals surface area (Å²) >= 11 is 0. The molecule has 3 unspecified atom stereocenters. The Morgan fingerprint density at radius 2 is 1.31 bits per heavy atom. The van der Waals surface area contributed by atoms with Crippen molar-refractivity contribution in [2.45, 2.75) is 187 Å². The van der Waals surface area contributed by atoms with Gasteiger partial charge in [0, 0.05) is 32.2 Å². The molecule has 0 spiro atoms. The molecular formula is C45H78NO11P. The highest BCUT2D eigenvalue weighted by Crippen LogP contribution is 2.43. The lowest BCUT2D eigenvalue weighted by Gasteiger charge is -2.20. The molecule has 0 saturated carbocycles. The van der Waals surface area contributed by atoms with E-state index in [0.717, 1.165) is 95.0 Å². The average Bonchev–Trinajstić information content (AvgIpc) is 3.46. The fourth-order valence-corrected chi connectivity index (χ4v) is 7.02. The summed E-state index contributed by atoms with van der Waals surface area (Å²) in [5, 5.41) is 20.7. The van der Waals surface area contributed by atoms with E-state index < -0.39 is 44.7 Å². The number of ether oxygens (including phenoxy) is 2. The van der Waals surface area contributed by atoms with E-state index in [1.807, 2.05) is 12.2 Å². The molecule has 0 aliphatic heterocycles. The van der Waals surface area contributed by atoms with Crippen LogP contribution < -0.4 is 5.73 Å². The number of hydrogen-bond acceptors (Lipinski definition) is 11. The molecule has 5 N–H and O–H groups in total. The highest BCUT2D eigenvalue weighted by atomic mass is 31.2. The normalized spacial score (nSPS) is 14.7. The van der Waals surface area contributed by atoms with Gasteiger partial charge in [-0.25, -0.2) is 4.57 Å². The maximum atomic E-state index is 12.6. The monoisotopic (exact) mass is 840 g/mol. The molecule has 4 atom stereocenters. The van der Waals surface area contributed by atoms with Crippen LogP contribution in [0.2, 0.25) is 0 Å². The van der Waals surface area contributed by atoms with E-state index in [9.17, 15) is 29.3 Å². The Bertz CT molecular complexity index is 1360. The van der Waals surface area contributed by atoms with E-state index in [2.05, 4.69) is 52.0 Å². The van der Waals surface area contributed by atoms with Gasteiger partial charge in [0.1, 0.15) is 18.1 Å². The molecule has 334 valence electrons. The van der Waals surface area contributed by atoms with Crippen molar-refractivity contribution >= 4 is 19.8 Å². The van der Waals surface area contributed by atoms with E-state index in [1.165, 1.54) is 30.4 Å². The zero-order chi connectivity index (χ0) is 42.9. The summed E-state index contributed by atoms with van der Waals surface area (Å²) in [6.07, 6.45) is 27.7. The number of rotatable bonds is 37. The fourth-order valence-electron chi connectivity index (χ4n) is 6.25. The third-order valence-electron chi connectivity index (χ3n) is 9.90. The van der Waals surface area contributed by atoms with Crippen molar-refractivity contribution in [2.24, 2.45) is 5.73 Å². The first-order valence-corrected chi connectivity index (χ1v) is 23.5. The van der Waals surface area contributed by atoms with Gasteiger partial charge in [-0.15, -0.1) is 0 Å². The van der Waals surface area contributed by atoms with Crippen LogP contribution in [0.3, 0.4) is 0 Å². The number of carbonyl (C=O) groups excluding carboxylic acids is 2. The number of aryl methyl sites for hydroxylation is 2. The highest BCUT2D eigenvalue weighted by molar-refractivity contribution is 7.47. The van der Waals surface area contributed by atoms with Gasteiger partial charge in [-0.2, -0.15) is 0 Å². The van der Waals surface area contributed by atoms with Gasteiger partial charge in [-0.05, 0) is 89.2 Å². The van der Waals surface area contributed by atoms with Gasteiger partial charge >= 0.3 is 19.8 Å². The van der Waals surface area contributed by atoms with Gasteiger partial charge in [0.15, 0.2) is 6.10 Å². The summed E-state index contributed by atoms with van der Waals surface area (Å²) in [5.74, 6) is 1.12. The quantitative estimate of drug-likeness (QED) is 0.0215. The third-order valence-corrected chi connectivity index (χ3v) is 10.9. The predicted molar refractivity (Wildman–Crippen MR) is 230 cm³/mol. The molecule has 0 fully saturated rings. The van der Waals surface area contributed by atoms with Crippen molar-refractivity contribution in [1.82, 2.24) is 0 Å². The van der Waals surface area contributed by atoms with E-state index in [4.69, 9.17) is 28.7 Å². The fraction of sp³-hybridized carbons (Fsp3) is 0.733. The topological polar surface area (TPSA) is 188 Å². The van der Waals surface area contributed by atoms with Gasteiger partial charge in [-0.3, -0.25) is 18.6 Å². The van der Waals surface area contributed by atoms with Crippen LogP contribution in [0.15, 0.2) is 40.9 Å². The lowest BCUT2D eigenvalue weighted by atomic mass is 10.0. The minimum atomic E-state index is -4.46. The number of allylic oxidation sites excluding steroid dienone is 5. The molecule has 0 bridgehead atoms. The second-order valence-corrected chi connectivity index (χ2v) is 16.6. The van der Waals surface area contributed by atoms with E-state index in [-0.39, 0.29) is 45.4 Å². The Labute approximate surface area is 349 Å². The van der Waals surface area contributed by atoms with Crippen LogP contribution in [0.25, 0.3) is 0 Å². The van der Waals surface area contributed by atoms with E-state index >= 15 is 0 Å². The number of unbranched alkanes of at least 4 members (excludes halogenated alkanes) is 10. The third kappa shape index (κ3) is 27.2. The molecule has 0 aliphatic rings. The minimum absolute atomic E-state index is 0.00661. The SMILES string of the molecule is CCCCC/C=C\C/C=C\C/C=C\CC(O)C(O)CCCC(=O)OC[C@H](COP(=O)(O)OCCN)OC(=O)CCCCCCCCCCc1oc(CCC)c(C)c1C. The van der Waals surface area contributed by atoms with Gasteiger partial charge in [-0.1, -0.05) is 102 Å². The number of phosphoric acid groups is 1. The molecule has 0 radical (unpaired) electrons. The number of aliphatic hydroxyl groups is 2. The number of esters is 2. The zero-order valence-electron chi connectivity index (χ0n) is 36.2. The van der Waals surface area contributed by atoms with E-state index in [1.54, 1.807) is 0 Å². The molecule has 13 heteroatoms. The number of aliphatic hydroxyl groups excluding tert-OH is 2. The van der Waals surface area contributed by atoms with Crippen LogP contribution in [-0.4, -0.2) is 71.7 Å². The molecule has 0 saturated heterocycles. The van der Waals surface area contributed by atoms with Crippen LogP contribution in [0.4, 0.5) is 0 Å². The Kier molecular flexibility index (Phi) is 31.5. The van der Waals surface area contributed by atoms with Crippen molar-refractivity contribution in [3.63, 3.8) is 0 Å². The van der Waals surface area contributed by atoms with Gasteiger partial charge in [0.05, 0.1) is 25.4 Å². The molecule has 1 aromatic heterocycles. The van der Waals surface area contributed by atoms with Gasteiger partial charge in [0.25, 0.3) is 0 Å². The van der Waals surface area contributed by atoms with Crippen molar-refractivity contribution in [1.29, 1.82) is 0 Å². The first-order valence-electron chi connectivity index (χ1n) is 22.0. The standard InChI is InChI=1S/C45H78NO11P/c1-5-7-8-9-10-11-12-13-14-17-20-23-28-40(47)41(48)29-26-32-44(49)53-35-39(36-55-58(51,52)54-34-33-46)56-45(50)31-25-22-19-16-15-18-21-24-30-43-38(4)37(3)42(57-43)27-6-2/h10-11,13-14,20,23,39-41,47-48H,5-9,12,15-19,21-22,24-36,46H2,1-4H3,(H,51,52)/b11-10-,14-13-,23-20-/t39-,40?,41?/m1/s1. The van der Waals surface area contributed by atoms with Crippen molar-refractivity contribution in [3.05, 3.63) is 59.1 Å². The first kappa shape index (κ1) is 53.4. The molecular weight excluding hydrogens is 761 g/mol. The largest absolute Gasteiger partial charge is 0.472 e. The molecule has 12 nitrogen and oxygen atoms in total. The Morgan fingerprint density at radius 3 is 1.97 bits per heavy atom. The van der Waals surface area contributed by atoms with Gasteiger partial charge in [0.2, 0.25) is 0 Å². The maximum Gasteiger partial charge on any atom is 0.472 e. The Morgan fingerprint density at radius 1 is 0.707 bits per heavy atom. The van der Waals surface area contributed by atoms with Crippen LogP contribution in [-0.2, 0) is 45.5 Å². The number of carbonyl (C=O) groups is 2. The van der Waals surface area contributed by atoms with Crippen LogP contribution in [0, 0.1) is 13.8 Å². The lowest BCUT2D eigenvalue weighted by Crippen LogP contribution is -2.30. The van der Waals surface area contributed by atoms with Crippen molar-refractivity contribution in [2.75, 3.05) is 26.4 Å². The zero-order valence-corrected chi connectivity index (χ0v) is 37.1. The summed E-state index contributed by atoms with van der Waals surface area (Å²) in [6, 6.07) is 0. The predicted octanol–water partition coefficient (Wildman–Crippen LogP) is 9.76. The Balaban J connectivity index is 2.35. The number of hydrogen-bond donors (Lipinski definition) is 4. The first-order chi connectivity index (χ1) is 27.9. The summed E-state index contributed by atoms with van der Waals surface area (Å²) in [5.41, 5.74) is 7.93. The van der Waals surface area contributed by atoms with Crippen LogP contribution >= 0.6 is 7.82 Å². The maximum absolute atomic E-state index is 12.6. The molecule has 0 aromatic carbocycles. The molecule has 1 aromatic rings. The molecule has 0 aliphatic carbocycles. The summed E-state index contributed by atoms with van der Waals surface area (Å²) in [7, 11) is -4.46. The molecule has 58 heavy (non-hydrogen) atoms. The summed E-state index contributed by atoms with van der Waals surface area (Å²) in [6.45, 7) is 7.55. The highest BCUT2D eigenvalue weighted by Gasteiger charge is 2.26. The lowest BCUT2D eigenvalue weighted by molar-refractivity contribution is -0.161. The number of nitrogens with two attached hydrogens (primary N) is 1. The molecule has 0 amide bonds. The van der Waals surface area contributed by atoms with Crippen LogP contribution in [0.5, 0.6) is 0 Å². The minimum Gasteiger partial charge on any atom is -0.466 e. The molecule has 1 heterocycles. The number of phosphoric ester groups is 1. The number of furan rings is 1. The van der Waals surface area contributed by atoms with Crippen LogP contribution in [0.1, 0.15) is 165 Å². The summed E-state index contributed by atoms with van der Waals surface area (Å²) < 4.78 is 38.7.